The van der Waals surface area contributed by atoms with Crippen LogP contribution in [-0.4, -0.2) is 9.97 Å². The zero-order valence-corrected chi connectivity index (χ0v) is 29.3. The minimum Gasteiger partial charge on any atom is -0.455 e. The molecule has 11 aromatic rings. The minimum absolute atomic E-state index is 0.0963. The summed E-state index contributed by atoms with van der Waals surface area (Å²) in [5, 5.41) is 6.00. The monoisotopic (exact) mass is 706 g/mol. The molecule has 11 rings (SSSR count). The Bertz CT molecular complexity index is 3610. The van der Waals surface area contributed by atoms with E-state index in [1.165, 1.54) is 0 Å². The number of rotatable bonds is 5. The summed E-state index contributed by atoms with van der Waals surface area (Å²) in [5.41, 5.74) is 5.22. The highest BCUT2D eigenvalue weighted by Crippen LogP contribution is 2.52. The molecule has 3 nitrogen and oxygen atoms in total. The van der Waals surface area contributed by atoms with Gasteiger partial charge in [0.25, 0.3) is 0 Å². The van der Waals surface area contributed by atoms with E-state index in [0.717, 1.165) is 43.4 Å². The third-order valence-corrected chi connectivity index (χ3v) is 10.5. The quantitative estimate of drug-likeness (QED) is 0.167. The van der Waals surface area contributed by atoms with Gasteiger partial charge < -0.3 is 4.42 Å². The lowest BCUT2D eigenvalue weighted by molar-refractivity contribution is 0.599. The maximum absolute atomic E-state index is 10.0. The average Bonchev–Trinajstić information content (AvgIpc) is 3.70. The number of hydrogen-bond donors (Lipinski definition) is 0. The number of pyridine rings is 2. The molecule has 3 heterocycles. The molecule has 256 valence electrons. The summed E-state index contributed by atoms with van der Waals surface area (Å²) in [7, 11) is 0. The Morgan fingerprint density at radius 1 is 0.418 bits per heavy atom. The van der Waals surface area contributed by atoms with Gasteiger partial charge in [0.05, 0.1) is 25.0 Å². The van der Waals surface area contributed by atoms with Crippen molar-refractivity contribution in [2.45, 2.75) is 0 Å². The standard InChI is InChI=1S/C52H32N2O/c1-3-14-33(15-4-1)47-48(51(36-16-5-2-6-17-36)55-52(47)45-32-37-18-7-8-20-38(37)39-21-9-12-24-42(39)45)44-29-28-43(40-22-10-11-23-41(40)44)46-30-27-35-26-25-34-19-13-31-53-49(34)50(35)54-46/h1-32H/i10D,11D,22D,23D,28D,29D. The van der Waals surface area contributed by atoms with Crippen LogP contribution in [0.25, 0.3) is 110 Å². The summed E-state index contributed by atoms with van der Waals surface area (Å²) in [4.78, 5) is 9.66. The van der Waals surface area contributed by atoms with Crippen molar-refractivity contribution in [3.05, 3.63) is 194 Å². The minimum atomic E-state index is -0.449. The Balaban J connectivity index is 1.33. The number of aromatic nitrogens is 2. The second-order valence-electron chi connectivity index (χ2n) is 13.6. The molecule has 0 spiro atoms. The topological polar surface area (TPSA) is 38.9 Å². The first kappa shape index (κ1) is 25.6. The molecule has 0 fully saturated rings. The zero-order chi connectivity index (χ0) is 41.5. The maximum Gasteiger partial charge on any atom is 0.143 e. The summed E-state index contributed by atoms with van der Waals surface area (Å²) >= 11 is 0. The summed E-state index contributed by atoms with van der Waals surface area (Å²) in [5.74, 6) is 0.934. The average molecular weight is 707 g/mol. The second-order valence-corrected chi connectivity index (χ2v) is 13.6. The molecule has 3 heteroatoms. The van der Waals surface area contributed by atoms with Gasteiger partial charge in [-0.1, -0.05) is 170 Å². The van der Waals surface area contributed by atoms with E-state index >= 15 is 0 Å². The van der Waals surface area contributed by atoms with Crippen LogP contribution in [0.1, 0.15) is 8.22 Å². The van der Waals surface area contributed by atoms with Crippen LogP contribution >= 0.6 is 0 Å². The predicted octanol–water partition coefficient (Wildman–Crippen LogP) is 14.2. The molecular formula is C52H32N2O. The molecule has 8 aromatic carbocycles. The van der Waals surface area contributed by atoms with Gasteiger partial charge in [-0.25, -0.2) is 4.98 Å². The molecule has 0 N–H and O–H groups in total. The SMILES string of the molecule is [2H]c1c([2H])c([2H])c2c(-c3c(-c4ccccc4)oc(-c4cc5ccccc5c5ccccc45)c3-c3ccccc3)c([2H])c([2H])c(-c3ccc4ccc5cccnc5c4n3)c2c1[2H]. The molecule has 0 atom stereocenters. The van der Waals surface area contributed by atoms with Crippen molar-refractivity contribution < 1.29 is 12.6 Å². The van der Waals surface area contributed by atoms with E-state index in [2.05, 4.69) is 35.3 Å². The van der Waals surface area contributed by atoms with E-state index in [9.17, 15) is 5.48 Å². The molecule has 0 saturated carbocycles. The van der Waals surface area contributed by atoms with Gasteiger partial charge in [0, 0.05) is 44.8 Å². The van der Waals surface area contributed by atoms with E-state index in [-0.39, 0.29) is 46.1 Å². The van der Waals surface area contributed by atoms with Crippen molar-refractivity contribution >= 4 is 54.1 Å². The maximum atomic E-state index is 10.0. The Labute approximate surface area is 326 Å². The number of nitrogens with zero attached hydrogens (tertiary/aromatic N) is 2. The van der Waals surface area contributed by atoms with Gasteiger partial charge in [0.2, 0.25) is 0 Å². The van der Waals surface area contributed by atoms with Crippen LogP contribution in [0.3, 0.4) is 0 Å². The van der Waals surface area contributed by atoms with E-state index in [1.807, 2.05) is 115 Å². The molecule has 0 aliphatic heterocycles. The molecule has 0 amide bonds. The van der Waals surface area contributed by atoms with Crippen LogP contribution in [0.4, 0.5) is 0 Å². The second kappa shape index (κ2) is 12.6. The van der Waals surface area contributed by atoms with E-state index in [4.69, 9.17) is 12.1 Å². The Kier molecular flexibility index (Phi) is 5.88. The molecule has 0 aliphatic carbocycles. The molecule has 3 aromatic heterocycles. The number of furan rings is 1. The van der Waals surface area contributed by atoms with Crippen molar-refractivity contribution in [2.24, 2.45) is 0 Å². The van der Waals surface area contributed by atoms with Crippen molar-refractivity contribution in [3.8, 4) is 56.2 Å². The van der Waals surface area contributed by atoms with Crippen LogP contribution in [0.15, 0.2) is 199 Å². The van der Waals surface area contributed by atoms with Crippen LogP contribution in [0, 0.1) is 0 Å². The van der Waals surface area contributed by atoms with Gasteiger partial charge >= 0.3 is 0 Å². The normalized spacial score (nSPS) is 13.2. The lowest BCUT2D eigenvalue weighted by atomic mass is 9.86. The number of fused-ring (bicyclic) bond motifs is 7. The van der Waals surface area contributed by atoms with Crippen LogP contribution < -0.4 is 0 Å². The zero-order valence-electron chi connectivity index (χ0n) is 35.3. The number of hydrogen-bond acceptors (Lipinski definition) is 3. The lowest BCUT2D eigenvalue weighted by Crippen LogP contribution is -1.92. The first-order valence-electron chi connectivity index (χ1n) is 21.2. The smallest absolute Gasteiger partial charge is 0.143 e. The van der Waals surface area contributed by atoms with Gasteiger partial charge in [-0.15, -0.1) is 0 Å². The van der Waals surface area contributed by atoms with Crippen molar-refractivity contribution in [1.29, 1.82) is 0 Å². The molecule has 0 aliphatic rings. The summed E-state index contributed by atoms with van der Waals surface area (Å²) in [6.45, 7) is 0. The first-order chi connectivity index (χ1) is 29.8. The first-order valence-corrected chi connectivity index (χ1v) is 18.2. The van der Waals surface area contributed by atoms with Gasteiger partial charge in [0.15, 0.2) is 0 Å². The van der Waals surface area contributed by atoms with Crippen molar-refractivity contribution in [3.63, 3.8) is 0 Å². The molecule has 0 saturated heterocycles. The predicted molar refractivity (Wildman–Crippen MR) is 229 cm³/mol. The van der Waals surface area contributed by atoms with Crippen molar-refractivity contribution in [1.82, 2.24) is 9.97 Å². The fourth-order valence-electron chi connectivity index (χ4n) is 7.95. The summed E-state index contributed by atoms with van der Waals surface area (Å²) < 4.78 is 64.1. The highest BCUT2D eigenvalue weighted by molar-refractivity contribution is 6.17. The van der Waals surface area contributed by atoms with Gasteiger partial charge in [0.1, 0.15) is 11.5 Å². The van der Waals surface area contributed by atoms with Gasteiger partial charge in [-0.05, 0) is 61.6 Å². The Morgan fingerprint density at radius 2 is 1.04 bits per heavy atom. The third kappa shape index (κ3) is 5.05. The number of benzene rings is 8. The van der Waals surface area contributed by atoms with Crippen LogP contribution in [0.2, 0.25) is 0 Å². The molecular weight excluding hydrogens is 669 g/mol. The van der Waals surface area contributed by atoms with E-state index in [0.29, 0.717) is 44.9 Å². The molecule has 55 heavy (non-hydrogen) atoms. The summed E-state index contributed by atoms with van der Waals surface area (Å²) in [6.07, 6.45) is 1.70. The fourth-order valence-corrected chi connectivity index (χ4v) is 7.95. The molecule has 0 unspecified atom stereocenters. The van der Waals surface area contributed by atoms with Crippen LogP contribution in [0.5, 0.6) is 0 Å². The van der Waals surface area contributed by atoms with Crippen molar-refractivity contribution in [2.75, 3.05) is 0 Å². The highest BCUT2D eigenvalue weighted by Gasteiger charge is 2.28. The van der Waals surface area contributed by atoms with E-state index < -0.39 is 12.1 Å². The molecule has 0 radical (unpaired) electrons. The van der Waals surface area contributed by atoms with Gasteiger partial charge in [-0.2, -0.15) is 0 Å². The van der Waals surface area contributed by atoms with Gasteiger partial charge in [-0.3, -0.25) is 4.98 Å². The lowest BCUT2D eigenvalue weighted by Gasteiger charge is -2.15. The van der Waals surface area contributed by atoms with Crippen LogP contribution in [-0.2, 0) is 0 Å². The Hall–Kier alpha value is -7.36. The van der Waals surface area contributed by atoms with E-state index in [1.54, 1.807) is 12.3 Å². The largest absolute Gasteiger partial charge is 0.455 e. The molecule has 0 bridgehead atoms. The Morgan fingerprint density at radius 3 is 1.84 bits per heavy atom. The third-order valence-electron chi connectivity index (χ3n) is 10.5. The highest BCUT2D eigenvalue weighted by atomic mass is 16.3. The fraction of sp³-hybridized carbons (Fsp3) is 0. The summed E-state index contributed by atoms with van der Waals surface area (Å²) in [6, 6.07) is 47.2.